The zero-order valence-corrected chi connectivity index (χ0v) is 16.7. The molecule has 1 atom stereocenters. The van der Waals surface area contributed by atoms with Crippen LogP contribution in [0.4, 0.5) is 0 Å². The molecule has 3 aromatic rings. The van der Waals surface area contributed by atoms with Crippen LogP contribution in [0.5, 0.6) is 0 Å². The molecule has 1 heterocycles. The normalized spacial score (nSPS) is 15.6. The quantitative estimate of drug-likeness (QED) is 0.680. The molecule has 5 heteroatoms. The zero-order valence-electron chi connectivity index (χ0n) is 16.7. The first-order valence-corrected chi connectivity index (χ1v) is 9.93. The Hall–Kier alpha value is -3.21. The van der Waals surface area contributed by atoms with Gasteiger partial charge in [0.15, 0.2) is 6.61 Å². The fraction of sp³-hybridized carbons (Fsp3) is 0.292. The Morgan fingerprint density at radius 1 is 1.14 bits per heavy atom. The molecule has 0 radical (unpaired) electrons. The number of hydrogen-bond donors (Lipinski definition) is 1. The number of fused-ring (bicyclic) bond motifs is 2. The van der Waals surface area contributed by atoms with Crippen LogP contribution in [0.25, 0.3) is 10.9 Å². The van der Waals surface area contributed by atoms with Gasteiger partial charge in [-0.05, 0) is 62.4 Å². The molecule has 2 aromatic carbocycles. The number of esters is 1. The van der Waals surface area contributed by atoms with E-state index >= 15 is 0 Å². The van der Waals surface area contributed by atoms with Crippen LogP contribution in [0.2, 0.25) is 0 Å². The summed E-state index contributed by atoms with van der Waals surface area (Å²) in [7, 11) is 0. The minimum atomic E-state index is -0.509. The molecule has 0 spiro atoms. The molecule has 1 aliphatic rings. The molecule has 1 aromatic heterocycles. The second-order valence-electron chi connectivity index (χ2n) is 7.62. The first kappa shape index (κ1) is 19.1. The van der Waals surface area contributed by atoms with Crippen molar-refractivity contribution in [1.82, 2.24) is 10.3 Å². The number of pyridine rings is 1. The average molecular weight is 388 g/mol. The number of aromatic nitrogens is 1. The van der Waals surface area contributed by atoms with Gasteiger partial charge in [-0.1, -0.05) is 35.9 Å². The van der Waals surface area contributed by atoms with Crippen molar-refractivity contribution in [3.63, 3.8) is 0 Å². The van der Waals surface area contributed by atoms with E-state index in [0.29, 0.717) is 5.56 Å². The highest BCUT2D eigenvalue weighted by Gasteiger charge is 2.22. The van der Waals surface area contributed by atoms with Crippen molar-refractivity contribution in [3.05, 3.63) is 76.5 Å². The van der Waals surface area contributed by atoms with Gasteiger partial charge < -0.3 is 10.1 Å². The summed E-state index contributed by atoms with van der Waals surface area (Å²) >= 11 is 0. The summed E-state index contributed by atoms with van der Waals surface area (Å²) in [5.74, 6) is -0.795. The minimum absolute atomic E-state index is 0.0298. The van der Waals surface area contributed by atoms with E-state index in [4.69, 9.17) is 4.74 Å². The van der Waals surface area contributed by atoms with Crippen molar-refractivity contribution < 1.29 is 14.3 Å². The molecular weight excluding hydrogens is 364 g/mol. The number of nitrogens with zero attached hydrogens (tertiary/aromatic N) is 1. The van der Waals surface area contributed by atoms with E-state index in [0.717, 1.165) is 47.0 Å². The van der Waals surface area contributed by atoms with Crippen LogP contribution in [-0.4, -0.2) is 23.5 Å². The predicted octanol–water partition coefficient (Wildman–Crippen LogP) is 4.20. The molecule has 1 N–H and O–H groups in total. The largest absolute Gasteiger partial charge is 0.452 e. The maximum atomic E-state index is 12.7. The summed E-state index contributed by atoms with van der Waals surface area (Å²) in [6, 6.07) is 15.6. The highest BCUT2D eigenvalue weighted by atomic mass is 16.5. The Kier molecular flexibility index (Phi) is 5.30. The molecule has 0 bridgehead atoms. The smallest absolute Gasteiger partial charge is 0.339 e. The summed E-state index contributed by atoms with van der Waals surface area (Å²) in [6.45, 7) is 3.50. The van der Waals surface area contributed by atoms with E-state index < -0.39 is 5.97 Å². The lowest BCUT2D eigenvalue weighted by molar-refractivity contribution is -0.125. The lowest BCUT2D eigenvalue weighted by Gasteiger charge is -2.26. The van der Waals surface area contributed by atoms with Crippen molar-refractivity contribution in [2.24, 2.45) is 0 Å². The number of carbonyl (C=O) groups excluding carboxylic acids is 2. The number of amides is 1. The highest BCUT2D eigenvalue weighted by Crippen LogP contribution is 2.29. The summed E-state index contributed by atoms with van der Waals surface area (Å²) < 4.78 is 5.34. The lowest BCUT2D eigenvalue weighted by atomic mass is 9.88. The van der Waals surface area contributed by atoms with E-state index in [1.165, 1.54) is 5.56 Å². The summed E-state index contributed by atoms with van der Waals surface area (Å²) in [5, 5.41) is 3.75. The van der Waals surface area contributed by atoms with E-state index in [2.05, 4.69) is 22.4 Å². The third kappa shape index (κ3) is 4.14. The Morgan fingerprint density at radius 2 is 1.97 bits per heavy atom. The molecule has 0 saturated carbocycles. The van der Waals surface area contributed by atoms with Crippen molar-refractivity contribution in [2.75, 3.05) is 6.61 Å². The van der Waals surface area contributed by atoms with E-state index in [9.17, 15) is 9.59 Å². The van der Waals surface area contributed by atoms with Crippen molar-refractivity contribution in [1.29, 1.82) is 0 Å². The van der Waals surface area contributed by atoms with E-state index in [1.54, 1.807) is 6.07 Å². The average Bonchev–Trinajstić information content (AvgIpc) is 2.72. The number of aryl methyl sites for hydroxylation is 3. The predicted molar refractivity (Wildman–Crippen MR) is 112 cm³/mol. The number of ether oxygens (including phenoxy) is 1. The van der Waals surface area contributed by atoms with Crippen LogP contribution in [-0.2, 0) is 16.0 Å². The van der Waals surface area contributed by atoms with Gasteiger partial charge in [-0.2, -0.15) is 0 Å². The van der Waals surface area contributed by atoms with Crippen LogP contribution >= 0.6 is 0 Å². The van der Waals surface area contributed by atoms with Crippen molar-refractivity contribution in [2.45, 2.75) is 39.2 Å². The number of hydrogen-bond acceptors (Lipinski definition) is 4. The molecule has 1 unspecified atom stereocenters. The van der Waals surface area contributed by atoms with Gasteiger partial charge in [0.2, 0.25) is 0 Å². The Bertz CT molecular complexity index is 1090. The molecule has 1 aliphatic carbocycles. The molecule has 0 fully saturated rings. The summed E-state index contributed by atoms with van der Waals surface area (Å²) in [4.78, 5) is 29.6. The Labute approximate surface area is 170 Å². The number of benzene rings is 2. The van der Waals surface area contributed by atoms with Crippen LogP contribution in [0.15, 0.2) is 48.5 Å². The summed E-state index contributed by atoms with van der Waals surface area (Å²) in [5.41, 5.74) is 5.38. The minimum Gasteiger partial charge on any atom is -0.452 e. The molecule has 1 amide bonds. The third-order valence-electron chi connectivity index (χ3n) is 5.35. The van der Waals surface area contributed by atoms with Crippen LogP contribution < -0.4 is 5.32 Å². The standard InChI is InChI=1S/C24H24N2O3/c1-15-10-11-22-19(12-15)20(13-16(2)25-22)24(28)29-14-23(27)26-21-9-5-7-17-6-3-4-8-18(17)21/h3-4,6,8,10-13,21H,5,7,9,14H2,1-2H3,(H,26,27). The number of rotatable bonds is 4. The van der Waals surface area contributed by atoms with Crippen molar-refractivity contribution in [3.8, 4) is 0 Å². The van der Waals surface area contributed by atoms with Gasteiger partial charge in [0.25, 0.3) is 5.91 Å². The third-order valence-corrected chi connectivity index (χ3v) is 5.35. The molecule has 0 aliphatic heterocycles. The molecule has 5 nitrogen and oxygen atoms in total. The molecule has 4 rings (SSSR count). The zero-order chi connectivity index (χ0) is 20.4. The maximum absolute atomic E-state index is 12.7. The topological polar surface area (TPSA) is 68.3 Å². The van der Waals surface area contributed by atoms with Crippen LogP contribution in [0.3, 0.4) is 0 Å². The Balaban J connectivity index is 1.45. The van der Waals surface area contributed by atoms with E-state index in [-0.39, 0.29) is 18.6 Å². The van der Waals surface area contributed by atoms with Gasteiger partial charge in [0, 0.05) is 11.1 Å². The number of carbonyl (C=O) groups is 2. The van der Waals surface area contributed by atoms with Gasteiger partial charge in [-0.3, -0.25) is 9.78 Å². The Morgan fingerprint density at radius 3 is 2.83 bits per heavy atom. The van der Waals surface area contributed by atoms with Gasteiger partial charge in [-0.15, -0.1) is 0 Å². The van der Waals surface area contributed by atoms with E-state index in [1.807, 2.05) is 44.2 Å². The van der Waals surface area contributed by atoms with Crippen molar-refractivity contribution >= 4 is 22.8 Å². The highest BCUT2D eigenvalue weighted by molar-refractivity contribution is 6.04. The van der Waals surface area contributed by atoms with Crippen LogP contribution in [0, 0.1) is 13.8 Å². The van der Waals surface area contributed by atoms with Crippen LogP contribution in [0.1, 0.15) is 51.6 Å². The van der Waals surface area contributed by atoms with Gasteiger partial charge in [-0.25, -0.2) is 4.79 Å². The fourth-order valence-corrected chi connectivity index (χ4v) is 3.99. The summed E-state index contributed by atoms with van der Waals surface area (Å²) in [6.07, 6.45) is 2.96. The first-order chi connectivity index (χ1) is 14.0. The molecule has 0 saturated heterocycles. The molecule has 148 valence electrons. The van der Waals surface area contributed by atoms with Gasteiger partial charge >= 0.3 is 5.97 Å². The molecule has 29 heavy (non-hydrogen) atoms. The first-order valence-electron chi connectivity index (χ1n) is 9.93. The maximum Gasteiger partial charge on any atom is 0.339 e. The fourth-order valence-electron chi connectivity index (χ4n) is 3.99. The SMILES string of the molecule is Cc1ccc2nc(C)cc(C(=O)OCC(=O)NC3CCCc4ccccc43)c2c1. The lowest BCUT2D eigenvalue weighted by Crippen LogP contribution is -2.34. The van der Waals surface area contributed by atoms with Gasteiger partial charge in [0.1, 0.15) is 0 Å². The monoisotopic (exact) mass is 388 g/mol. The number of nitrogens with one attached hydrogen (secondary N) is 1. The van der Waals surface area contributed by atoms with Gasteiger partial charge in [0.05, 0.1) is 17.1 Å². The second kappa shape index (κ2) is 8.03. The molecular formula is C24H24N2O3. The second-order valence-corrected chi connectivity index (χ2v) is 7.62.